The molecule has 0 unspecified atom stereocenters. The van der Waals surface area contributed by atoms with Crippen molar-refractivity contribution in [1.82, 2.24) is 0 Å². The topological polar surface area (TPSA) is 52.3 Å². The third-order valence-corrected chi connectivity index (χ3v) is 2.46. The summed E-state index contributed by atoms with van der Waals surface area (Å²) >= 11 is 0. The Hall–Kier alpha value is -2.29. The van der Waals surface area contributed by atoms with Crippen molar-refractivity contribution in [2.24, 2.45) is 5.73 Å². The Bertz CT molecular complexity index is 499. The molecule has 1 aromatic rings. The largest absolute Gasteiger partial charge is 0.496 e. The second-order valence-electron chi connectivity index (χ2n) is 3.67. The first-order valence-corrected chi connectivity index (χ1v) is 5.59. The van der Waals surface area contributed by atoms with Gasteiger partial charge in [0.15, 0.2) is 6.29 Å². The SMILES string of the molecule is COc1c(C)cccc1/C(C=O)=C/C=C\C=C/N. The summed E-state index contributed by atoms with van der Waals surface area (Å²) in [6.45, 7) is 1.94. The molecule has 0 aromatic heterocycles. The van der Waals surface area contributed by atoms with E-state index < -0.39 is 0 Å². The number of aryl methyl sites for hydroxylation is 1. The van der Waals surface area contributed by atoms with E-state index in [0.717, 1.165) is 23.2 Å². The number of ether oxygens (including phenoxy) is 1. The first kappa shape index (κ1) is 13.8. The summed E-state index contributed by atoms with van der Waals surface area (Å²) in [6.07, 6.45) is 9.17. The van der Waals surface area contributed by atoms with Crippen LogP contribution in [0.1, 0.15) is 11.1 Å². The molecule has 0 bridgehead atoms. The molecule has 0 aliphatic heterocycles. The Balaban J connectivity index is 3.17. The van der Waals surface area contributed by atoms with E-state index >= 15 is 0 Å². The normalized spacial score (nSPS) is 12.2. The van der Waals surface area contributed by atoms with Gasteiger partial charge in [0.25, 0.3) is 0 Å². The number of allylic oxidation sites excluding steroid dienone is 5. The van der Waals surface area contributed by atoms with E-state index in [0.29, 0.717) is 5.57 Å². The molecule has 94 valence electrons. The first-order chi connectivity index (χ1) is 8.74. The van der Waals surface area contributed by atoms with Crippen LogP contribution in [-0.2, 0) is 4.79 Å². The number of carbonyl (C=O) groups is 1. The van der Waals surface area contributed by atoms with E-state index in [1.807, 2.05) is 25.1 Å². The van der Waals surface area contributed by atoms with Crippen LogP contribution in [0.25, 0.3) is 5.57 Å². The van der Waals surface area contributed by atoms with Gasteiger partial charge in [-0.2, -0.15) is 0 Å². The summed E-state index contributed by atoms with van der Waals surface area (Å²) in [6, 6.07) is 5.70. The number of rotatable bonds is 5. The summed E-state index contributed by atoms with van der Waals surface area (Å²) < 4.78 is 5.33. The van der Waals surface area contributed by atoms with Crippen LogP contribution in [0.4, 0.5) is 0 Å². The van der Waals surface area contributed by atoms with Gasteiger partial charge in [-0.1, -0.05) is 36.4 Å². The minimum absolute atomic E-state index is 0.567. The third kappa shape index (κ3) is 3.35. The first-order valence-electron chi connectivity index (χ1n) is 5.59. The molecule has 0 saturated carbocycles. The molecule has 3 heteroatoms. The molecule has 1 rings (SSSR count). The minimum Gasteiger partial charge on any atom is -0.496 e. The zero-order chi connectivity index (χ0) is 13.4. The lowest BCUT2D eigenvalue weighted by molar-refractivity contribution is -0.103. The number of nitrogens with two attached hydrogens (primary N) is 1. The van der Waals surface area contributed by atoms with E-state index in [1.54, 1.807) is 31.4 Å². The molecular weight excluding hydrogens is 226 g/mol. The van der Waals surface area contributed by atoms with Crippen LogP contribution >= 0.6 is 0 Å². The van der Waals surface area contributed by atoms with Crippen molar-refractivity contribution in [1.29, 1.82) is 0 Å². The zero-order valence-corrected chi connectivity index (χ0v) is 10.6. The van der Waals surface area contributed by atoms with Crippen molar-refractivity contribution in [2.75, 3.05) is 7.11 Å². The van der Waals surface area contributed by atoms with E-state index in [9.17, 15) is 4.79 Å². The predicted molar refractivity (Wildman–Crippen MR) is 74.2 cm³/mol. The number of benzene rings is 1. The number of aldehydes is 1. The van der Waals surface area contributed by atoms with Crippen LogP contribution in [0, 0.1) is 6.92 Å². The van der Waals surface area contributed by atoms with Gasteiger partial charge in [-0.15, -0.1) is 0 Å². The highest BCUT2D eigenvalue weighted by Gasteiger charge is 2.08. The minimum atomic E-state index is 0.567. The monoisotopic (exact) mass is 243 g/mol. The maximum atomic E-state index is 11.1. The number of hydrogen-bond donors (Lipinski definition) is 1. The lowest BCUT2D eigenvalue weighted by atomic mass is 10.0. The van der Waals surface area contributed by atoms with Gasteiger partial charge in [0, 0.05) is 11.1 Å². The number of carbonyl (C=O) groups excluding carboxylic acids is 1. The lowest BCUT2D eigenvalue weighted by Crippen LogP contribution is -1.95. The van der Waals surface area contributed by atoms with Crippen LogP contribution in [0.2, 0.25) is 0 Å². The maximum absolute atomic E-state index is 11.1. The summed E-state index contributed by atoms with van der Waals surface area (Å²) in [5.41, 5.74) is 7.56. The van der Waals surface area contributed by atoms with Gasteiger partial charge in [-0.3, -0.25) is 4.79 Å². The molecule has 0 heterocycles. The Morgan fingerprint density at radius 2 is 2.06 bits per heavy atom. The number of hydrogen-bond acceptors (Lipinski definition) is 3. The van der Waals surface area contributed by atoms with Crippen LogP contribution in [-0.4, -0.2) is 13.4 Å². The maximum Gasteiger partial charge on any atom is 0.150 e. The molecule has 1 aromatic carbocycles. The molecule has 0 atom stereocenters. The van der Waals surface area contributed by atoms with Gasteiger partial charge >= 0.3 is 0 Å². The predicted octanol–water partition coefficient (Wildman–Crippen LogP) is 2.61. The molecule has 0 aliphatic rings. The van der Waals surface area contributed by atoms with Crippen molar-refractivity contribution in [2.45, 2.75) is 6.92 Å². The van der Waals surface area contributed by atoms with Crippen LogP contribution in [0.5, 0.6) is 5.75 Å². The van der Waals surface area contributed by atoms with Crippen molar-refractivity contribution < 1.29 is 9.53 Å². The highest BCUT2D eigenvalue weighted by Crippen LogP contribution is 2.28. The lowest BCUT2D eigenvalue weighted by Gasteiger charge is -2.10. The van der Waals surface area contributed by atoms with Crippen molar-refractivity contribution in [3.63, 3.8) is 0 Å². The van der Waals surface area contributed by atoms with Gasteiger partial charge in [0.2, 0.25) is 0 Å². The van der Waals surface area contributed by atoms with Gasteiger partial charge < -0.3 is 10.5 Å². The third-order valence-electron chi connectivity index (χ3n) is 2.46. The number of methoxy groups -OCH3 is 1. The highest BCUT2D eigenvalue weighted by molar-refractivity contribution is 6.08. The molecule has 0 radical (unpaired) electrons. The second-order valence-corrected chi connectivity index (χ2v) is 3.67. The summed E-state index contributed by atoms with van der Waals surface area (Å²) in [7, 11) is 1.60. The highest BCUT2D eigenvalue weighted by atomic mass is 16.5. The fraction of sp³-hybridized carbons (Fsp3) is 0.133. The smallest absolute Gasteiger partial charge is 0.150 e. The number of para-hydroxylation sites is 1. The van der Waals surface area contributed by atoms with Crippen molar-refractivity contribution >= 4 is 11.9 Å². The molecule has 0 spiro atoms. The standard InChI is InChI=1S/C15H17NO2/c1-12-7-6-9-14(15(12)18-2)13(11-17)8-4-3-5-10-16/h3-11H,16H2,1-2H3/b4-3-,10-5-,13-8+. The van der Waals surface area contributed by atoms with Crippen molar-refractivity contribution in [3.8, 4) is 5.75 Å². The average Bonchev–Trinajstić information content (AvgIpc) is 2.39. The van der Waals surface area contributed by atoms with Crippen LogP contribution in [0.15, 0.2) is 48.7 Å². The fourth-order valence-corrected chi connectivity index (χ4v) is 1.63. The van der Waals surface area contributed by atoms with Gasteiger partial charge in [-0.05, 0) is 24.8 Å². The average molecular weight is 243 g/mol. The van der Waals surface area contributed by atoms with Crippen molar-refractivity contribution in [3.05, 3.63) is 59.8 Å². The van der Waals surface area contributed by atoms with Gasteiger partial charge in [0.1, 0.15) is 5.75 Å². The molecule has 0 aliphatic carbocycles. The van der Waals surface area contributed by atoms with E-state index in [1.165, 1.54) is 6.20 Å². The van der Waals surface area contributed by atoms with E-state index in [4.69, 9.17) is 10.5 Å². The van der Waals surface area contributed by atoms with E-state index in [-0.39, 0.29) is 0 Å². The second kappa shape index (κ2) is 7.12. The van der Waals surface area contributed by atoms with Crippen LogP contribution < -0.4 is 10.5 Å². The zero-order valence-electron chi connectivity index (χ0n) is 10.6. The van der Waals surface area contributed by atoms with Gasteiger partial charge in [0.05, 0.1) is 7.11 Å². The van der Waals surface area contributed by atoms with E-state index in [2.05, 4.69) is 0 Å². The molecule has 2 N–H and O–H groups in total. The Kier molecular flexibility index (Phi) is 5.45. The molecule has 0 saturated heterocycles. The fourth-order valence-electron chi connectivity index (χ4n) is 1.63. The Morgan fingerprint density at radius 3 is 2.67 bits per heavy atom. The quantitative estimate of drug-likeness (QED) is 0.491. The molecule has 18 heavy (non-hydrogen) atoms. The Morgan fingerprint density at radius 1 is 1.28 bits per heavy atom. The van der Waals surface area contributed by atoms with Crippen LogP contribution in [0.3, 0.4) is 0 Å². The molecule has 0 fully saturated rings. The van der Waals surface area contributed by atoms with Gasteiger partial charge in [-0.25, -0.2) is 0 Å². The molecule has 3 nitrogen and oxygen atoms in total. The molecule has 0 amide bonds. The molecular formula is C15H17NO2. The summed E-state index contributed by atoms with van der Waals surface area (Å²) in [5.74, 6) is 0.721. The Labute approximate surface area is 107 Å². The summed E-state index contributed by atoms with van der Waals surface area (Å²) in [5, 5.41) is 0. The summed E-state index contributed by atoms with van der Waals surface area (Å²) in [4.78, 5) is 11.1.